The first-order valence-corrected chi connectivity index (χ1v) is 6.57. The molecule has 0 saturated heterocycles. The summed E-state index contributed by atoms with van der Waals surface area (Å²) in [7, 11) is 0. The van der Waals surface area contributed by atoms with Gasteiger partial charge in [0.25, 0.3) is 5.91 Å². The highest BCUT2D eigenvalue weighted by Gasteiger charge is 2.09. The second-order valence-electron chi connectivity index (χ2n) is 4.39. The number of pyridine rings is 1. The normalized spacial score (nSPS) is 9.95. The fourth-order valence-electron chi connectivity index (χ4n) is 1.69. The minimum absolute atomic E-state index is 0.249. The lowest BCUT2D eigenvalue weighted by atomic mass is 10.3. The van der Waals surface area contributed by atoms with Gasteiger partial charge in [-0.3, -0.25) is 9.78 Å². The molecule has 0 bridgehead atoms. The predicted octanol–water partition coefficient (Wildman–Crippen LogP) is 1.71. The molecule has 108 valence electrons. The van der Waals surface area contributed by atoms with E-state index in [0.717, 1.165) is 11.4 Å². The van der Waals surface area contributed by atoms with Crippen molar-refractivity contribution in [3.05, 3.63) is 60.2 Å². The number of aromatic nitrogens is 3. The van der Waals surface area contributed by atoms with E-state index in [1.165, 1.54) is 0 Å². The molecule has 0 atom stereocenters. The largest absolute Gasteiger partial charge is 0.349 e. The van der Waals surface area contributed by atoms with Crippen molar-refractivity contribution in [2.24, 2.45) is 0 Å². The highest BCUT2D eigenvalue weighted by atomic mass is 16.1. The highest BCUT2D eigenvalue weighted by Crippen LogP contribution is 2.06. The molecule has 2 rings (SSSR count). The van der Waals surface area contributed by atoms with Gasteiger partial charge in [-0.15, -0.1) is 6.58 Å². The zero-order valence-corrected chi connectivity index (χ0v) is 11.8. The monoisotopic (exact) mass is 283 g/mol. The van der Waals surface area contributed by atoms with E-state index < -0.39 is 0 Å². The molecule has 0 unspecified atom stereocenters. The van der Waals surface area contributed by atoms with E-state index in [1.54, 1.807) is 18.3 Å². The van der Waals surface area contributed by atoms with Gasteiger partial charge in [0.2, 0.25) is 5.95 Å². The summed E-state index contributed by atoms with van der Waals surface area (Å²) in [5, 5.41) is 5.76. The summed E-state index contributed by atoms with van der Waals surface area (Å²) in [5.41, 5.74) is 1.92. The van der Waals surface area contributed by atoms with Gasteiger partial charge in [0, 0.05) is 18.4 Å². The predicted molar refractivity (Wildman–Crippen MR) is 80.9 cm³/mol. The van der Waals surface area contributed by atoms with Crippen molar-refractivity contribution in [3.8, 4) is 0 Å². The minimum atomic E-state index is -0.249. The van der Waals surface area contributed by atoms with Crippen molar-refractivity contribution in [2.45, 2.75) is 13.5 Å². The number of hydrogen-bond donors (Lipinski definition) is 2. The average molecular weight is 283 g/mol. The molecule has 0 aliphatic heterocycles. The summed E-state index contributed by atoms with van der Waals surface area (Å²) in [6.45, 7) is 6.27. The molecule has 1 amide bonds. The smallest absolute Gasteiger partial charge is 0.270 e. The Kier molecular flexibility index (Phi) is 4.98. The third kappa shape index (κ3) is 4.38. The van der Waals surface area contributed by atoms with Gasteiger partial charge < -0.3 is 10.6 Å². The second-order valence-corrected chi connectivity index (χ2v) is 4.39. The van der Waals surface area contributed by atoms with Crippen molar-refractivity contribution in [2.75, 3.05) is 11.9 Å². The van der Waals surface area contributed by atoms with Crippen LogP contribution in [0.2, 0.25) is 0 Å². The van der Waals surface area contributed by atoms with Crippen LogP contribution >= 0.6 is 0 Å². The molecule has 2 heterocycles. The molecule has 0 aliphatic rings. The van der Waals surface area contributed by atoms with Crippen LogP contribution in [0.3, 0.4) is 0 Å². The van der Waals surface area contributed by atoms with E-state index in [4.69, 9.17) is 0 Å². The van der Waals surface area contributed by atoms with E-state index in [2.05, 4.69) is 32.2 Å². The molecule has 0 saturated carbocycles. The summed E-state index contributed by atoms with van der Waals surface area (Å²) in [4.78, 5) is 24.6. The molecule has 0 radical (unpaired) electrons. The Labute approximate surface area is 123 Å². The lowest BCUT2D eigenvalue weighted by Gasteiger charge is -2.08. The molecular formula is C15H17N5O. The maximum absolute atomic E-state index is 11.9. The van der Waals surface area contributed by atoms with Crippen LogP contribution in [-0.2, 0) is 6.54 Å². The van der Waals surface area contributed by atoms with Gasteiger partial charge in [0.15, 0.2) is 0 Å². The summed E-state index contributed by atoms with van der Waals surface area (Å²) >= 11 is 0. The number of aryl methyl sites for hydroxylation is 1. The van der Waals surface area contributed by atoms with Gasteiger partial charge in [-0.25, -0.2) is 9.97 Å². The van der Waals surface area contributed by atoms with E-state index in [0.29, 0.717) is 24.7 Å². The first-order chi connectivity index (χ1) is 10.2. The second kappa shape index (κ2) is 7.14. The Morgan fingerprint density at radius 3 is 2.95 bits per heavy atom. The Morgan fingerprint density at radius 2 is 2.24 bits per heavy atom. The van der Waals surface area contributed by atoms with Crippen LogP contribution < -0.4 is 10.6 Å². The van der Waals surface area contributed by atoms with E-state index in [-0.39, 0.29) is 5.91 Å². The molecule has 2 N–H and O–H groups in total. The number of nitrogens with one attached hydrogen (secondary N) is 2. The van der Waals surface area contributed by atoms with Crippen molar-refractivity contribution in [1.82, 2.24) is 20.3 Å². The molecule has 6 nitrogen and oxygen atoms in total. The van der Waals surface area contributed by atoms with Crippen LogP contribution in [0.5, 0.6) is 0 Å². The van der Waals surface area contributed by atoms with Crippen LogP contribution in [0, 0.1) is 6.92 Å². The van der Waals surface area contributed by atoms with Crippen LogP contribution in [0.1, 0.15) is 21.9 Å². The molecule has 0 fully saturated rings. The Bertz CT molecular complexity index is 627. The van der Waals surface area contributed by atoms with Crippen molar-refractivity contribution < 1.29 is 4.79 Å². The topological polar surface area (TPSA) is 79.8 Å². The number of anilines is 1. The van der Waals surface area contributed by atoms with Gasteiger partial charge in [0.1, 0.15) is 5.69 Å². The molecular weight excluding hydrogens is 266 g/mol. The van der Waals surface area contributed by atoms with E-state index in [1.807, 2.05) is 25.1 Å². The number of hydrogen-bond acceptors (Lipinski definition) is 5. The summed E-state index contributed by atoms with van der Waals surface area (Å²) < 4.78 is 0. The molecule has 2 aromatic rings. The lowest BCUT2D eigenvalue weighted by Crippen LogP contribution is -2.25. The maximum Gasteiger partial charge on any atom is 0.270 e. The third-order valence-corrected chi connectivity index (χ3v) is 2.65. The van der Waals surface area contributed by atoms with Gasteiger partial charge in [-0.05, 0) is 25.1 Å². The summed E-state index contributed by atoms with van der Waals surface area (Å²) in [6.07, 6.45) is 3.34. The SMILES string of the molecule is C=CCNC(=O)c1cc(C)nc(NCc2ccccn2)n1. The number of carbonyl (C=O) groups is 1. The quantitative estimate of drug-likeness (QED) is 0.789. The van der Waals surface area contributed by atoms with Gasteiger partial charge in [0.05, 0.1) is 12.2 Å². The highest BCUT2D eigenvalue weighted by molar-refractivity contribution is 5.92. The van der Waals surface area contributed by atoms with Crippen molar-refractivity contribution in [3.63, 3.8) is 0 Å². The molecule has 21 heavy (non-hydrogen) atoms. The third-order valence-electron chi connectivity index (χ3n) is 2.65. The summed E-state index contributed by atoms with van der Waals surface area (Å²) in [5.74, 6) is 0.158. The van der Waals surface area contributed by atoms with Crippen LogP contribution in [0.25, 0.3) is 0 Å². The average Bonchev–Trinajstić information content (AvgIpc) is 2.51. The number of nitrogens with zero attached hydrogens (tertiary/aromatic N) is 3. The fraction of sp³-hybridized carbons (Fsp3) is 0.200. The van der Waals surface area contributed by atoms with Crippen molar-refractivity contribution in [1.29, 1.82) is 0 Å². The van der Waals surface area contributed by atoms with Gasteiger partial charge >= 0.3 is 0 Å². The van der Waals surface area contributed by atoms with Gasteiger partial charge in [-0.1, -0.05) is 12.1 Å². The molecule has 0 spiro atoms. The number of rotatable bonds is 6. The van der Waals surface area contributed by atoms with E-state index in [9.17, 15) is 4.79 Å². The Hall–Kier alpha value is -2.76. The number of carbonyl (C=O) groups excluding carboxylic acids is 1. The standard InChI is InChI=1S/C15H17N5O/c1-3-7-17-14(21)13-9-11(2)19-15(20-13)18-10-12-6-4-5-8-16-12/h3-6,8-9H,1,7,10H2,2H3,(H,17,21)(H,18,19,20). The zero-order chi connectivity index (χ0) is 15.1. The lowest BCUT2D eigenvalue weighted by molar-refractivity contribution is 0.0953. The Morgan fingerprint density at radius 1 is 1.38 bits per heavy atom. The number of amides is 1. The first-order valence-electron chi connectivity index (χ1n) is 6.57. The molecule has 0 aromatic carbocycles. The van der Waals surface area contributed by atoms with Crippen molar-refractivity contribution >= 4 is 11.9 Å². The summed E-state index contributed by atoms with van der Waals surface area (Å²) in [6, 6.07) is 7.31. The molecule has 6 heteroatoms. The van der Waals surface area contributed by atoms with Gasteiger partial charge in [-0.2, -0.15) is 0 Å². The molecule has 2 aromatic heterocycles. The van der Waals surface area contributed by atoms with Crippen LogP contribution in [0.15, 0.2) is 43.1 Å². The van der Waals surface area contributed by atoms with E-state index >= 15 is 0 Å². The minimum Gasteiger partial charge on any atom is -0.349 e. The Balaban J connectivity index is 2.08. The first kappa shape index (κ1) is 14.6. The van der Waals surface area contributed by atoms with Crippen LogP contribution in [-0.4, -0.2) is 27.4 Å². The maximum atomic E-state index is 11.9. The molecule has 0 aliphatic carbocycles. The van der Waals surface area contributed by atoms with Crippen LogP contribution in [0.4, 0.5) is 5.95 Å². The fourth-order valence-corrected chi connectivity index (χ4v) is 1.69. The zero-order valence-electron chi connectivity index (χ0n) is 11.8.